The predicted molar refractivity (Wildman–Crippen MR) is 104 cm³/mol. The Balaban J connectivity index is 1.71. The van der Waals surface area contributed by atoms with Gasteiger partial charge in [0.15, 0.2) is 0 Å². The van der Waals surface area contributed by atoms with E-state index in [9.17, 15) is 4.79 Å². The molecule has 0 aliphatic carbocycles. The van der Waals surface area contributed by atoms with Crippen LogP contribution in [0.2, 0.25) is 5.02 Å². The van der Waals surface area contributed by atoms with E-state index in [2.05, 4.69) is 5.32 Å². The molecule has 3 N–H and O–H groups in total. The van der Waals surface area contributed by atoms with Gasteiger partial charge < -0.3 is 11.1 Å². The Bertz CT molecular complexity index is 904. The van der Waals surface area contributed by atoms with Crippen LogP contribution in [0.15, 0.2) is 66.7 Å². The number of nitrogen functional groups attached to an aromatic ring is 1. The third-order valence-electron chi connectivity index (χ3n) is 4.06. The molecule has 0 aliphatic heterocycles. The van der Waals surface area contributed by atoms with E-state index in [-0.39, 0.29) is 5.91 Å². The average molecular weight is 351 g/mol. The molecular weight excluding hydrogens is 332 g/mol. The van der Waals surface area contributed by atoms with E-state index < -0.39 is 0 Å². The van der Waals surface area contributed by atoms with Gasteiger partial charge in [0.05, 0.1) is 0 Å². The molecule has 3 rings (SSSR count). The number of carbonyl (C=O) groups excluding carboxylic acids is 1. The molecule has 0 fully saturated rings. The normalized spacial score (nSPS) is 10.5. The highest BCUT2D eigenvalue weighted by atomic mass is 35.5. The first-order valence-electron chi connectivity index (χ1n) is 8.02. The van der Waals surface area contributed by atoms with Crippen molar-refractivity contribution in [2.45, 2.75) is 13.5 Å². The third kappa shape index (κ3) is 4.20. The molecule has 0 saturated heterocycles. The Labute approximate surface area is 152 Å². The predicted octanol–water partition coefficient (Wildman–Crippen LogP) is 4.83. The van der Waals surface area contributed by atoms with Crippen LogP contribution in [0.5, 0.6) is 0 Å². The van der Waals surface area contributed by atoms with Gasteiger partial charge in [-0.25, -0.2) is 0 Å². The minimum atomic E-state index is -0.115. The summed E-state index contributed by atoms with van der Waals surface area (Å²) in [4.78, 5) is 12.3. The van der Waals surface area contributed by atoms with E-state index in [1.54, 1.807) is 0 Å². The Morgan fingerprint density at radius 2 is 1.80 bits per heavy atom. The zero-order chi connectivity index (χ0) is 17.8. The van der Waals surface area contributed by atoms with Crippen LogP contribution in [0.1, 0.15) is 21.5 Å². The van der Waals surface area contributed by atoms with Gasteiger partial charge in [0.1, 0.15) is 0 Å². The van der Waals surface area contributed by atoms with Gasteiger partial charge in [-0.05, 0) is 65.6 Å². The summed E-state index contributed by atoms with van der Waals surface area (Å²) in [6, 6.07) is 20.8. The van der Waals surface area contributed by atoms with Gasteiger partial charge >= 0.3 is 0 Å². The monoisotopic (exact) mass is 350 g/mol. The largest absolute Gasteiger partial charge is 0.399 e. The lowest BCUT2D eigenvalue weighted by molar-refractivity contribution is 0.0951. The first-order valence-corrected chi connectivity index (χ1v) is 8.40. The molecule has 0 radical (unpaired) electrons. The molecule has 0 aliphatic rings. The highest BCUT2D eigenvalue weighted by Crippen LogP contribution is 2.25. The molecule has 0 heterocycles. The lowest BCUT2D eigenvalue weighted by Crippen LogP contribution is -2.22. The zero-order valence-corrected chi connectivity index (χ0v) is 14.7. The fourth-order valence-corrected chi connectivity index (χ4v) is 2.90. The lowest BCUT2D eigenvalue weighted by atomic mass is 9.99. The SMILES string of the molecule is Cc1ccc(N)cc1-c1ccc(C(=O)NCc2cccc(Cl)c2)cc1. The molecular formula is C21H19ClN2O. The molecule has 3 nitrogen and oxygen atoms in total. The molecule has 3 aromatic carbocycles. The first kappa shape index (κ1) is 17.1. The number of halogens is 1. The van der Waals surface area contributed by atoms with Crippen LogP contribution >= 0.6 is 11.6 Å². The van der Waals surface area contributed by atoms with E-state index in [1.807, 2.05) is 73.7 Å². The maximum absolute atomic E-state index is 12.3. The number of nitrogens with two attached hydrogens (primary N) is 1. The quantitative estimate of drug-likeness (QED) is 0.662. The van der Waals surface area contributed by atoms with Crippen LogP contribution in [0.3, 0.4) is 0 Å². The first-order chi connectivity index (χ1) is 12.0. The molecule has 25 heavy (non-hydrogen) atoms. The standard InChI is InChI=1S/C21H19ClN2O/c1-14-5-10-19(23)12-20(14)16-6-8-17(9-7-16)21(25)24-13-15-3-2-4-18(22)11-15/h2-12H,13,23H2,1H3,(H,24,25). The van der Waals surface area contributed by atoms with E-state index in [0.717, 1.165) is 27.9 Å². The molecule has 0 spiro atoms. The number of nitrogens with one attached hydrogen (secondary N) is 1. The number of amides is 1. The van der Waals surface area contributed by atoms with Crippen LogP contribution in [-0.2, 0) is 6.54 Å². The molecule has 0 bridgehead atoms. The topological polar surface area (TPSA) is 55.1 Å². The van der Waals surface area contributed by atoms with Crippen LogP contribution < -0.4 is 11.1 Å². The number of benzene rings is 3. The van der Waals surface area contributed by atoms with Crippen LogP contribution in [-0.4, -0.2) is 5.91 Å². The molecule has 3 aromatic rings. The summed E-state index contributed by atoms with van der Waals surface area (Å²) in [5.41, 5.74) is 11.4. The molecule has 126 valence electrons. The summed E-state index contributed by atoms with van der Waals surface area (Å²) in [5, 5.41) is 3.57. The van der Waals surface area contributed by atoms with Gasteiger partial charge in [-0.3, -0.25) is 4.79 Å². The van der Waals surface area contributed by atoms with Gasteiger partial charge in [0, 0.05) is 22.8 Å². The zero-order valence-electron chi connectivity index (χ0n) is 13.9. The fraction of sp³-hybridized carbons (Fsp3) is 0.0952. The third-order valence-corrected chi connectivity index (χ3v) is 4.30. The molecule has 0 unspecified atom stereocenters. The fourth-order valence-electron chi connectivity index (χ4n) is 2.68. The Kier molecular flexibility index (Phi) is 5.05. The highest BCUT2D eigenvalue weighted by molar-refractivity contribution is 6.30. The van der Waals surface area contributed by atoms with Crippen molar-refractivity contribution in [2.24, 2.45) is 0 Å². The number of aryl methyl sites for hydroxylation is 1. The van der Waals surface area contributed by atoms with Crippen LogP contribution in [0.25, 0.3) is 11.1 Å². The number of anilines is 1. The maximum atomic E-state index is 12.3. The minimum Gasteiger partial charge on any atom is -0.399 e. The van der Waals surface area contributed by atoms with Crippen LogP contribution in [0, 0.1) is 6.92 Å². The van der Waals surface area contributed by atoms with Crippen molar-refractivity contribution in [1.82, 2.24) is 5.32 Å². The summed E-state index contributed by atoms with van der Waals surface area (Å²) < 4.78 is 0. The van der Waals surface area contributed by atoms with Gasteiger partial charge in [-0.15, -0.1) is 0 Å². The number of hydrogen-bond acceptors (Lipinski definition) is 2. The van der Waals surface area contributed by atoms with Crippen molar-refractivity contribution in [1.29, 1.82) is 0 Å². The summed E-state index contributed by atoms with van der Waals surface area (Å²) in [6.07, 6.45) is 0. The van der Waals surface area contributed by atoms with Gasteiger partial charge in [-0.1, -0.05) is 41.9 Å². The smallest absolute Gasteiger partial charge is 0.251 e. The summed E-state index contributed by atoms with van der Waals surface area (Å²) in [6.45, 7) is 2.48. The van der Waals surface area contributed by atoms with Gasteiger partial charge in [0.25, 0.3) is 5.91 Å². The molecule has 0 saturated carbocycles. The summed E-state index contributed by atoms with van der Waals surface area (Å²) >= 11 is 5.96. The average Bonchev–Trinajstić information content (AvgIpc) is 2.62. The summed E-state index contributed by atoms with van der Waals surface area (Å²) in [7, 11) is 0. The van der Waals surface area contributed by atoms with Gasteiger partial charge in [0.2, 0.25) is 0 Å². The van der Waals surface area contributed by atoms with E-state index in [4.69, 9.17) is 17.3 Å². The van der Waals surface area contributed by atoms with Crippen molar-refractivity contribution in [3.63, 3.8) is 0 Å². The van der Waals surface area contributed by atoms with Crippen LogP contribution in [0.4, 0.5) is 5.69 Å². The van der Waals surface area contributed by atoms with Gasteiger partial charge in [-0.2, -0.15) is 0 Å². The van der Waals surface area contributed by atoms with Crippen molar-refractivity contribution >= 4 is 23.2 Å². The van der Waals surface area contributed by atoms with Crippen molar-refractivity contribution in [3.8, 4) is 11.1 Å². The van der Waals surface area contributed by atoms with E-state index in [0.29, 0.717) is 17.1 Å². The minimum absolute atomic E-state index is 0.115. The van der Waals surface area contributed by atoms with E-state index >= 15 is 0 Å². The maximum Gasteiger partial charge on any atom is 0.251 e. The van der Waals surface area contributed by atoms with Crippen molar-refractivity contribution in [2.75, 3.05) is 5.73 Å². The molecule has 0 aromatic heterocycles. The molecule has 0 atom stereocenters. The second kappa shape index (κ2) is 7.41. The molecule has 4 heteroatoms. The molecule has 1 amide bonds. The lowest BCUT2D eigenvalue weighted by Gasteiger charge is -2.09. The Hall–Kier alpha value is -2.78. The number of hydrogen-bond donors (Lipinski definition) is 2. The summed E-state index contributed by atoms with van der Waals surface area (Å²) in [5.74, 6) is -0.115. The number of rotatable bonds is 4. The van der Waals surface area contributed by atoms with E-state index in [1.165, 1.54) is 0 Å². The second-order valence-electron chi connectivity index (χ2n) is 5.96. The Morgan fingerprint density at radius 3 is 2.52 bits per heavy atom. The highest BCUT2D eigenvalue weighted by Gasteiger charge is 2.07. The second-order valence-corrected chi connectivity index (χ2v) is 6.40. The van der Waals surface area contributed by atoms with Crippen molar-refractivity contribution in [3.05, 3.63) is 88.4 Å². The van der Waals surface area contributed by atoms with Crippen molar-refractivity contribution < 1.29 is 4.79 Å². The Morgan fingerprint density at radius 1 is 1.04 bits per heavy atom. The number of carbonyl (C=O) groups is 1.